The average Bonchev–Trinajstić information content (AvgIpc) is 2.48. The van der Waals surface area contributed by atoms with Crippen molar-refractivity contribution in [2.75, 3.05) is 11.9 Å². The van der Waals surface area contributed by atoms with Crippen molar-refractivity contribution in [3.8, 4) is 11.8 Å². The van der Waals surface area contributed by atoms with Gasteiger partial charge in [0.15, 0.2) is 6.61 Å². The zero-order chi connectivity index (χ0) is 15.2. The molecule has 0 aromatic heterocycles. The number of nitrogens with one attached hydrogen (secondary N) is 1. The fourth-order valence-electron chi connectivity index (χ4n) is 1.66. The minimum Gasteiger partial charge on any atom is -0.482 e. The van der Waals surface area contributed by atoms with Gasteiger partial charge in [-0.05, 0) is 37.3 Å². The molecule has 0 unspecified atom stereocenters. The van der Waals surface area contributed by atoms with Gasteiger partial charge in [0.1, 0.15) is 5.75 Å². The number of aryl methyl sites for hydroxylation is 1. The molecule has 0 aliphatic rings. The summed E-state index contributed by atoms with van der Waals surface area (Å²) in [5.41, 5.74) is 2.27. The van der Waals surface area contributed by atoms with Crippen molar-refractivity contribution in [2.45, 2.75) is 6.92 Å². The van der Waals surface area contributed by atoms with Gasteiger partial charge in [0.2, 0.25) is 0 Å². The molecule has 21 heavy (non-hydrogen) atoms. The molecule has 0 spiro atoms. The molecular formula is C16H13ClN2O2. The molecule has 2 aromatic carbocycles. The molecule has 0 bridgehead atoms. The van der Waals surface area contributed by atoms with E-state index in [2.05, 4.69) is 5.32 Å². The van der Waals surface area contributed by atoms with Crippen molar-refractivity contribution in [3.05, 3.63) is 58.6 Å². The summed E-state index contributed by atoms with van der Waals surface area (Å²) in [5.74, 6) is 0.0917. The van der Waals surface area contributed by atoms with Gasteiger partial charge in [-0.15, -0.1) is 0 Å². The number of nitriles is 1. The van der Waals surface area contributed by atoms with Crippen LogP contribution in [0.15, 0.2) is 42.5 Å². The van der Waals surface area contributed by atoms with E-state index in [1.165, 1.54) is 6.07 Å². The maximum absolute atomic E-state index is 11.8. The van der Waals surface area contributed by atoms with Crippen LogP contribution in [0.25, 0.3) is 0 Å². The van der Waals surface area contributed by atoms with Crippen LogP contribution in [-0.2, 0) is 4.79 Å². The van der Waals surface area contributed by atoms with E-state index < -0.39 is 0 Å². The third-order valence-electron chi connectivity index (χ3n) is 2.76. The molecule has 2 aromatic rings. The van der Waals surface area contributed by atoms with Crippen LogP contribution in [0.1, 0.15) is 11.1 Å². The fraction of sp³-hybridized carbons (Fsp3) is 0.125. The van der Waals surface area contributed by atoms with Crippen LogP contribution in [-0.4, -0.2) is 12.5 Å². The molecule has 0 aliphatic carbocycles. The first-order valence-corrected chi connectivity index (χ1v) is 6.65. The lowest BCUT2D eigenvalue weighted by molar-refractivity contribution is -0.118. The van der Waals surface area contributed by atoms with Gasteiger partial charge in [0.05, 0.1) is 16.7 Å². The lowest BCUT2D eigenvalue weighted by Crippen LogP contribution is -2.20. The van der Waals surface area contributed by atoms with Crippen LogP contribution in [0.4, 0.5) is 5.69 Å². The van der Waals surface area contributed by atoms with Gasteiger partial charge in [-0.25, -0.2) is 0 Å². The summed E-state index contributed by atoms with van der Waals surface area (Å²) in [7, 11) is 0. The molecule has 106 valence electrons. The van der Waals surface area contributed by atoms with E-state index in [0.717, 1.165) is 5.56 Å². The van der Waals surface area contributed by atoms with Crippen LogP contribution in [0.2, 0.25) is 5.02 Å². The Labute approximate surface area is 127 Å². The SMILES string of the molecule is Cc1ccc(NC(=O)COc2ccc(C#N)cc2Cl)cc1. The maximum Gasteiger partial charge on any atom is 0.262 e. The molecule has 0 saturated carbocycles. The highest BCUT2D eigenvalue weighted by Gasteiger charge is 2.07. The van der Waals surface area contributed by atoms with Gasteiger partial charge in [0, 0.05) is 5.69 Å². The smallest absolute Gasteiger partial charge is 0.262 e. The van der Waals surface area contributed by atoms with E-state index in [9.17, 15) is 4.79 Å². The molecule has 2 rings (SSSR count). The first-order chi connectivity index (χ1) is 10.1. The lowest BCUT2D eigenvalue weighted by Gasteiger charge is -2.09. The summed E-state index contributed by atoms with van der Waals surface area (Å²) in [6.45, 7) is 1.82. The monoisotopic (exact) mass is 300 g/mol. The number of ether oxygens (including phenoxy) is 1. The standard InChI is InChI=1S/C16H13ClN2O2/c1-11-2-5-13(6-3-11)19-16(20)10-21-15-7-4-12(9-18)8-14(15)17/h2-8H,10H2,1H3,(H,19,20). The molecule has 1 N–H and O–H groups in total. The molecule has 0 radical (unpaired) electrons. The van der Waals surface area contributed by atoms with Crippen LogP contribution < -0.4 is 10.1 Å². The number of hydrogen-bond donors (Lipinski definition) is 1. The van der Waals surface area contributed by atoms with Crippen molar-refractivity contribution in [1.82, 2.24) is 0 Å². The molecule has 0 heterocycles. The first kappa shape index (κ1) is 14.9. The molecule has 0 fully saturated rings. The second kappa shape index (κ2) is 6.78. The van der Waals surface area contributed by atoms with Crippen molar-refractivity contribution in [3.63, 3.8) is 0 Å². The van der Waals surface area contributed by atoms with Crippen molar-refractivity contribution in [2.24, 2.45) is 0 Å². The quantitative estimate of drug-likeness (QED) is 0.939. The summed E-state index contributed by atoms with van der Waals surface area (Å²) >= 11 is 5.96. The van der Waals surface area contributed by atoms with E-state index in [4.69, 9.17) is 21.6 Å². The summed E-state index contributed by atoms with van der Waals surface area (Å²) in [6, 6.07) is 14.1. The number of carbonyl (C=O) groups is 1. The Hall–Kier alpha value is -2.51. The van der Waals surface area contributed by atoms with Crippen LogP contribution in [0, 0.1) is 18.3 Å². The van der Waals surface area contributed by atoms with Gasteiger partial charge in [-0.2, -0.15) is 5.26 Å². The normalized spacial score (nSPS) is 9.76. The fourth-order valence-corrected chi connectivity index (χ4v) is 1.90. The summed E-state index contributed by atoms with van der Waals surface area (Å²) < 4.78 is 5.34. The van der Waals surface area contributed by atoms with Crippen LogP contribution in [0.3, 0.4) is 0 Å². The van der Waals surface area contributed by atoms with E-state index >= 15 is 0 Å². The first-order valence-electron chi connectivity index (χ1n) is 6.27. The molecular weight excluding hydrogens is 288 g/mol. The highest BCUT2D eigenvalue weighted by atomic mass is 35.5. The Kier molecular flexibility index (Phi) is 4.81. The van der Waals surface area contributed by atoms with E-state index in [1.807, 2.05) is 37.3 Å². The Morgan fingerprint density at radius 1 is 1.29 bits per heavy atom. The van der Waals surface area contributed by atoms with Gasteiger partial charge in [-0.3, -0.25) is 4.79 Å². The van der Waals surface area contributed by atoms with E-state index in [1.54, 1.807) is 12.1 Å². The number of nitrogens with zero attached hydrogens (tertiary/aromatic N) is 1. The third kappa shape index (κ3) is 4.23. The summed E-state index contributed by atoms with van der Waals surface area (Å²) in [6.07, 6.45) is 0. The molecule has 0 saturated heterocycles. The largest absolute Gasteiger partial charge is 0.482 e. The zero-order valence-corrected chi connectivity index (χ0v) is 12.1. The summed E-state index contributed by atoms with van der Waals surface area (Å²) in [5, 5.41) is 11.8. The van der Waals surface area contributed by atoms with Gasteiger partial charge in [0.25, 0.3) is 5.91 Å². The minimum atomic E-state index is -0.278. The average molecular weight is 301 g/mol. The number of anilines is 1. The third-order valence-corrected chi connectivity index (χ3v) is 3.05. The molecule has 1 amide bonds. The zero-order valence-electron chi connectivity index (χ0n) is 11.4. The van der Waals surface area contributed by atoms with E-state index in [0.29, 0.717) is 22.0 Å². The number of rotatable bonds is 4. The summed E-state index contributed by atoms with van der Waals surface area (Å²) in [4.78, 5) is 11.8. The Morgan fingerprint density at radius 3 is 2.62 bits per heavy atom. The highest BCUT2D eigenvalue weighted by molar-refractivity contribution is 6.32. The predicted molar refractivity (Wildman–Crippen MR) is 81.5 cm³/mol. The highest BCUT2D eigenvalue weighted by Crippen LogP contribution is 2.25. The second-order valence-corrected chi connectivity index (χ2v) is 4.87. The number of carbonyl (C=O) groups excluding carboxylic acids is 1. The van der Waals surface area contributed by atoms with Crippen molar-refractivity contribution < 1.29 is 9.53 Å². The number of hydrogen-bond acceptors (Lipinski definition) is 3. The second-order valence-electron chi connectivity index (χ2n) is 4.46. The Bertz CT molecular complexity index is 690. The Balaban J connectivity index is 1.92. The van der Waals surface area contributed by atoms with Crippen LogP contribution >= 0.6 is 11.6 Å². The topological polar surface area (TPSA) is 62.1 Å². The van der Waals surface area contributed by atoms with Crippen molar-refractivity contribution >= 4 is 23.2 Å². The maximum atomic E-state index is 11.8. The molecule has 4 nitrogen and oxygen atoms in total. The molecule has 0 atom stereocenters. The predicted octanol–water partition coefficient (Wildman–Crippen LogP) is 3.54. The van der Waals surface area contributed by atoms with Gasteiger partial charge in [-0.1, -0.05) is 29.3 Å². The van der Waals surface area contributed by atoms with E-state index in [-0.39, 0.29) is 12.5 Å². The Morgan fingerprint density at radius 2 is 2.00 bits per heavy atom. The van der Waals surface area contributed by atoms with Crippen molar-refractivity contribution in [1.29, 1.82) is 5.26 Å². The van der Waals surface area contributed by atoms with Crippen LogP contribution in [0.5, 0.6) is 5.75 Å². The lowest BCUT2D eigenvalue weighted by atomic mass is 10.2. The number of halogens is 1. The van der Waals surface area contributed by atoms with Gasteiger partial charge < -0.3 is 10.1 Å². The molecule has 0 aliphatic heterocycles. The minimum absolute atomic E-state index is 0.153. The number of benzene rings is 2. The molecule has 5 heteroatoms. The number of amides is 1. The van der Waals surface area contributed by atoms with Gasteiger partial charge >= 0.3 is 0 Å².